The fourth-order valence-electron chi connectivity index (χ4n) is 2.57. The third-order valence-electron chi connectivity index (χ3n) is 3.54. The van der Waals surface area contributed by atoms with Crippen LogP contribution in [0.1, 0.15) is 26.0 Å². The number of nitrogens with zero attached hydrogens (tertiary/aromatic N) is 4. The molecule has 2 rings (SSSR count). The Hall–Kier alpha value is -0.270. The van der Waals surface area contributed by atoms with E-state index in [-0.39, 0.29) is 6.10 Å². The van der Waals surface area contributed by atoms with Crippen molar-refractivity contribution in [2.75, 3.05) is 26.2 Å². The average molecular weight is 305 g/mol. The Labute approximate surface area is 123 Å². The minimum atomic E-state index is -0.266. The van der Waals surface area contributed by atoms with Crippen molar-refractivity contribution in [2.45, 2.75) is 39.0 Å². The first-order valence-corrected chi connectivity index (χ1v) is 7.86. The molecule has 1 aromatic rings. The van der Waals surface area contributed by atoms with Crippen LogP contribution in [-0.2, 0) is 6.54 Å². The average Bonchev–Trinajstić information content (AvgIpc) is 2.76. The molecule has 1 fully saturated rings. The molecule has 1 aliphatic heterocycles. The highest BCUT2D eigenvalue weighted by Gasteiger charge is 2.27. The summed E-state index contributed by atoms with van der Waals surface area (Å²) in [5, 5.41) is 13.6. The van der Waals surface area contributed by atoms with Crippen molar-refractivity contribution < 1.29 is 5.11 Å². The molecule has 0 bridgehead atoms. The summed E-state index contributed by atoms with van der Waals surface area (Å²) in [5.41, 5.74) is 0.880. The van der Waals surface area contributed by atoms with Crippen LogP contribution in [-0.4, -0.2) is 62.8 Å². The van der Waals surface area contributed by atoms with Crippen LogP contribution in [0.3, 0.4) is 0 Å². The van der Waals surface area contributed by atoms with E-state index in [0.717, 1.165) is 44.8 Å². The first-order chi connectivity index (χ1) is 9.10. The molecule has 0 aromatic carbocycles. The Morgan fingerprint density at radius 2 is 2.32 bits per heavy atom. The Morgan fingerprint density at radius 3 is 2.89 bits per heavy atom. The van der Waals surface area contributed by atoms with E-state index < -0.39 is 0 Å². The van der Waals surface area contributed by atoms with Crippen molar-refractivity contribution in [2.24, 2.45) is 0 Å². The van der Waals surface area contributed by atoms with Crippen LogP contribution in [0, 0.1) is 0 Å². The van der Waals surface area contributed by atoms with Gasteiger partial charge < -0.3 is 5.11 Å². The highest BCUT2D eigenvalue weighted by molar-refractivity contribution is 7.10. The van der Waals surface area contributed by atoms with Gasteiger partial charge in [0.25, 0.3) is 0 Å². The molecule has 1 saturated heterocycles. The van der Waals surface area contributed by atoms with E-state index in [0.29, 0.717) is 10.4 Å². The number of β-amino-alcohol motifs (C(OH)–C–C–N with tert-alkyl or cyclic N) is 1. The number of rotatable bonds is 5. The fourth-order valence-corrected chi connectivity index (χ4v) is 3.18. The molecular weight excluding hydrogens is 284 g/mol. The highest BCUT2D eigenvalue weighted by Crippen LogP contribution is 2.21. The minimum Gasteiger partial charge on any atom is -0.392 e. The maximum Gasteiger partial charge on any atom is 0.138 e. The smallest absolute Gasteiger partial charge is 0.138 e. The molecule has 0 spiro atoms. The van der Waals surface area contributed by atoms with E-state index in [1.165, 1.54) is 11.5 Å². The number of halogens is 1. The highest BCUT2D eigenvalue weighted by atomic mass is 35.5. The quantitative estimate of drug-likeness (QED) is 0.893. The van der Waals surface area contributed by atoms with Gasteiger partial charge in [-0.2, -0.15) is 0 Å². The number of aliphatic hydroxyl groups excluding tert-OH is 1. The number of hydrogen-bond acceptors (Lipinski definition) is 6. The van der Waals surface area contributed by atoms with E-state index in [9.17, 15) is 5.11 Å². The fraction of sp³-hybridized carbons (Fsp3) is 0.833. The van der Waals surface area contributed by atoms with Crippen LogP contribution in [0.25, 0.3) is 0 Å². The maximum atomic E-state index is 9.54. The van der Waals surface area contributed by atoms with Crippen LogP contribution < -0.4 is 0 Å². The molecule has 1 aliphatic rings. The van der Waals surface area contributed by atoms with Crippen LogP contribution in [0.4, 0.5) is 0 Å². The molecule has 0 saturated carbocycles. The molecule has 2 atom stereocenters. The summed E-state index contributed by atoms with van der Waals surface area (Å²) in [4.78, 5) is 4.75. The van der Waals surface area contributed by atoms with Gasteiger partial charge in [-0.3, -0.25) is 9.80 Å². The molecule has 108 valence electrons. The molecule has 2 heterocycles. The zero-order chi connectivity index (χ0) is 13.8. The second kappa shape index (κ2) is 6.95. The second-order valence-electron chi connectivity index (χ2n) is 5.13. The first kappa shape index (κ1) is 15.1. The van der Waals surface area contributed by atoms with E-state index in [1.54, 1.807) is 0 Å². The number of hydrogen-bond donors (Lipinski definition) is 1. The molecule has 1 N–H and O–H groups in total. The molecule has 5 nitrogen and oxygen atoms in total. The summed E-state index contributed by atoms with van der Waals surface area (Å²) in [6.45, 7) is 8.53. The zero-order valence-corrected chi connectivity index (χ0v) is 13.0. The van der Waals surface area contributed by atoms with Crippen molar-refractivity contribution in [1.82, 2.24) is 19.4 Å². The molecule has 0 unspecified atom stereocenters. The van der Waals surface area contributed by atoms with Gasteiger partial charge in [-0.05, 0) is 13.3 Å². The summed E-state index contributed by atoms with van der Waals surface area (Å²) in [6.07, 6.45) is 0.824. The summed E-state index contributed by atoms with van der Waals surface area (Å²) in [7, 11) is 0. The third-order valence-corrected chi connectivity index (χ3v) is 4.53. The first-order valence-electron chi connectivity index (χ1n) is 6.71. The summed E-state index contributed by atoms with van der Waals surface area (Å²) in [6, 6.07) is 0.494. The van der Waals surface area contributed by atoms with Crippen LogP contribution >= 0.6 is 23.1 Å². The zero-order valence-electron chi connectivity index (χ0n) is 11.4. The second-order valence-corrected chi connectivity index (χ2v) is 6.49. The third kappa shape index (κ3) is 4.10. The van der Waals surface area contributed by atoms with Gasteiger partial charge in [-0.15, -0.1) is 5.10 Å². The van der Waals surface area contributed by atoms with Gasteiger partial charge in [0, 0.05) is 50.3 Å². The minimum absolute atomic E-state index is 0.266. The Bertz CT molecular complexity index is 401. The van der Waals surface area contributed by atoms with Gasteiger partial charge in [-0.1, -0.05) is 23.0 Å². The monoisotopic (exact) mass is 304 g/mol. The van der Waals surface area contributed by atoms with Crippen LogP contribution in [0.2, 0.25) is 4.34 Å². The van der Waals surface area contributed by atoms with Gasteiger partial charge in [-0.25, -0.2) is 0 Å². The Kier molecular flexibility index (Phi) is 5.53. The maximum absolute atomic E-state index is 9.54. The standard InChI is InChI=1S/C12H21ClN4OS/c1-3-10-7-16(4-5-17(10)6-9(2)18)8-11-12(13)19-15-14-11/h9-10,18H,3-8H2,1-2H3/t9-,10-/m0/s1. The largest absolute Gasteiger partial charge is 0.392 e. The van der Waals surface area contributed by atoms with Gasteiger partial charge in [0.05, 0.1) is 6.10 Å². The number of aromatic nitrogens is 2. The molecular formula is C12H21ClN4OS. The predicted molar refractivity (Wildman–Crippen MR) is 77.5 cm³/mol. The molecule has 0 amide bonds. The van der Waals surface area contributed by atoms with E-state index in [4.69, 9.17) is 11.6 Å². The van der Waals surface area contributed by atoms with Gasteiger partial charge in [0.1, 0.15) is 10.0 Å². The lowest BCUT2D eigenvalue weighted by Gasteiger charge is -2.41. The molecule has 1 aromatic heterocycles. The van der Waals surface area contributed by atoms with Gasteiger partial charge >= 0.3 is 0 Å². The van der Waals surface area contributed by atoms with Crippen LogP contribution in [0.15, 0.2) is 0 Å². The van der Waals surface area contributed by atoms with Gasteiger partial charge in [0.2, 0.25) is 0 Å². The van der Waals surface area contributed by atoms with Crippen molar-refractivity contribution >= 4 is 23.1 Å². The molecule has 0 aliphatic carbocycles. The lowest BCUT2D eigenvalue weighted by atomic mass is 10.1. The molecule has 7 heteroatoms. The Morgan fingerprint density at radius 1 is 1.53 bits per heavy atom. The number of aliphatic hydroxyl groups is 1. The van der Waals surface area contributed by atoms with Crippen molar-refractivity contribution in [3.63, 3.8) is 0 Å². The van der Waals surface area contributed by atoms with Crippen molar-refractivity contribution in [3.05, 3.63) is 10.0 Å². The Balaban J connectivity index is 1.91. The normalized spacial score (nSPS) is 23.7. The summed E-state index contributed by atoms with van der Waals surface area (Å²) < 4.78 is 4.56. The number of piperazine rings is 1. The van der Waals surface area contributed by atoms with Gasteiger partial charge in [0.15, 0.2) is 0 Å². The van der Waals surface area contributed by atoms with Crippen LogP contribution in [0.5, 0.6) is 0 Å². The van der Waals surface area contributed by atoms with Crippen molar-refractivity contribution in [3.8, 4) is 0 Å². The predicted octanol–water partition coefficient (Wildman–Crippen LogP) is 1.47. The van der Waals surface area contributed by atoms with E-state index >= 15 is 0 Å². The van der Waals surface area contributed by atoms with Crippen molar-refractivity contribution in [1.29, 1.82) is 0 Å². The topological polar surface area (TPSA) is 52.5 Å². The van der Waals surface area contributed by atoms with E-state index in [1.807, 2.05) is 6.92 Å². The molecule has 19 heavy (non-hydrogen) atoms. The SMILES string of the molecule is CC[C@H]1CN(Cc2nnsc2Cl)CCN1C[C@H](C)O. The lowest BCUT2D eigenvalue weighted by molar-refractivity contribution is 0.0333. The molecule has 0 radical (unpaired) electrons. The summed E-state index contributed by atoms with van der Waals surface area (Å²) >= 11 is 7.29. The lowest BCUT2D eigenvalue weighted by Crippen LogP contribution is -2.54. The van der Waals surface area contributed by atoms with E-state index in [2.05, 4.69) is 26.3 Å². The summed E-state index contributed by atoms with van der Waals surface area (Å²) in [5.74, 6) is 0.